The molecule has 0 aromatic carbocycles. The van der Waals surface area contributed by atoms with E-state index in [-0.39, 0.29) is 0 Å². The number of hydrogen-bond acceptors (Lipinski definition) is 4. The Labute approximate surface area is 131 Å². The van der Waals surface area contributed by atoms with Crippen molar-refractivity contribution < 1.29 is 4.79 Å². The zero-order chi connectivity index (χ0) is 13.8. The van der Waals surface area contributed by atoms with E-state index in [1.54, 1.807) is 0 Å². The Kier molecular flexibility index (Phi) is 5.57. The molecule has 1 atom stereocenters. The van der Waals surface area contributed by atoms with Gasteiger partial charge in [-0.3, -0.25) is 4.79 Å². The minimum atomic E-state index is 0.410. The van der Waals surface area contributed by atoms with Gasteiger partial charge in [0.2, 0.25) is 5.91 Å². The maximum atomic E-state index is 12.2. The summed E-state index contributed by atoms with van der Waals surface area (Å²) >= 11 is 4.13. The van der Waals surface area contributed by atoms with E-state index in [2.05, 4.69) is 33.7 Å². The number of thioether (sulfide) groups is 2. The first-order chi connectivity index (χ1) is 9.83. The molecule has 0 aromatic heterocycles. The van der Waals surface area contributed by atoms with Crippen LogP contribution in [-0.4, -0.2) is 59.0 Å². The molecule has 2 heterocycles. The lowest BCUT2D eigenvalue weighted by Gasteiger charge is -2.24. The summed E-state index contributed by atoms with van der Waals surface area (Å²) in [6.07, 6.45) is 5.88. The molecule has 5 heteroatoms. The van der Waals surface area contributed by atoms with Gasteiger partial charge >= 0.3 is 0 Å². The lowest BCUT2D eigenvalue weighted by atomic mass is 10.1. The zero-order valence-electron chi connectivity index (χ0n) is 12.2. The summed E-state index contributed by atoms with van der Waals surface area (Å²) in [4.78, 5) is 14.4. The van der Waals surface area contributed by atoms with E-state index in [4.69, 9.17) is 0 Å². The molecule has 1 saturated carbocycles. The average Bonchev–Trinajstić information content (AvgIpc) is 3.00. The lowest BCUT2D eigenvalue weighted by molar-refractivity contribution is -0.129. The van der Waals surface area contributed by atoms with E-state index < -0.39 is 0 Å². The van der Waals surface area contributed by atoms with Crippen molar-refractivity contribution in [2.45, 2.75) is 44.2 Å². The highest BCUT2D eigenvalue weighted by Gasteiger charge is 2.35. The molecule has 0 bridgehead atoms. The molecule has 2 aliphatic heterocycles. The van der Waals surface area contributed by atoms with Crippen molar-refractivity contribution in [3.8, 4) is 0 Å². The van der Waals surface area contributed by atoms with Crippen molar-refractivity contribution in [3.05, 3.63) is 0 Å². The topological polar surface area (TPSA) is 32.3 Å². The summed E-state index contributed by atoms with van der Waals surface area (Å²) in [7, 11) is 0. The van der Waals surface area contributed by atoms with Gasteiger partial charge in [-0.05, 0) is 18.8 Å². The standard InChI is InChI=1S/C15H26N2OS2/c18-15-7-12(9-17(15)14-3-1-2-4-14)8-16-13-10-19-5-6-20-11-13/h12-14,16H,1-11H2. The molecular weight excluding hydrogens is 288 g/mol. The minimum absolute atomic E-state index is 0.410. The molecule has 20 heavy (non-hydrogen) atoms. The normalized spacial score (nSPS) is 30.1. The number of hydrogen-bond donors (Lipinski definition) is 1. The fourth-order valence-corrected chi connectivity index (χ4v) is 6.05. The summed E-state index contributed by atoms with van der Waals surface area (Å²) in [5, 5.41) is 3.71. The van der Waals surface area contributed by atoms with Gasteiger partial charge in [0.25, 0.3) is 0 Å². The van der Waals surface area contributed by atoms with Crippen molar-refractivity contribution in [2.24, 2.45) is 5.92 Å². The van der Waals surface area contributed by atoms with Crippen LogP contribution >= 0.6 is 23.5 Å². The number of carbonyl (C=O) groups excluding carboxylic acids is 1. The summed E-state index contributed by atoms with van der Waals surface area (Å²) in [6.45, 7) is 2.03. The van der Waals surface area contributed by atoms with Gasteiger partial charge in [0, 0.05) is 54.6 Å². The molecule has 3 rings (SSSR count). The maximum absolute atomic E-state index is 12.2. The summed E-state index contributed by atoms with van der Waals surface area (Å²) < 4.78 is 0. The van der Waals surface area contributed by atoms with Crippen molar-refractivity contribution in [1.29, 1.82) is 0 Å². The van der Waals surface area contributed by atoms with Crippen LogP contribution < -0.4 is 5.32 Å². The fourth-order valence-electron chi connectivity index (χ4n) is 3.58. The van der Waals surface area contributed by atoms with Gasteiger partial charge in [-0.1, -0.05) is 12.8 Å². The first kappa shape index (κ1) is 15.0. The highest BCUT2D eigenvalue weighted by atomic mass is 32.2. The molecule has 3 fully saturated rings. The number of likely N-dealkylation sites (tertiary alicyclic amines) is 1. The lowest BCUT2D eigenvalue weighted by Crippen LogP contribution is -2.38. The van der Waals surface area contributed by atoms with Gasteiger partial charge in [-0.2, -0.15) is 23.5 Å². The number of amides is 1. The van der Waals surface area contributed by atoms with Crippen LogP contribution in [0, 0.1) is 5.92 Å². The van der Waals surface area contributed by atoms with Gasteiger partial charge < -0.3 is 10.2 Å². The molecule has 114 valence electrons. The van der Waals surface area contributed by atoms with Crippen LogP contribution in [0.4, 0.5) is 0 Å². The van der Waals surface area contributed by atoms with E-state index in [0.717, 1.165) is 19.5 Å². The molecular formula is C15H26N2OS2. The highest BCUT2D eigenvalue weighted by molar-refractivity contribution is 8.03. The summed E-state index contributed by atoms with van der Waals surface area (Å²) in [5.41, 5.74) is 0. The van der Waals surface area contributed by atoms with Crippen LogP contribution in [0.1, 0.15) is 32.1 Å². The van der Waals surface area contributed by atoms with Gasteiger partial charge in [-0.15, -0.1) is 0 Å². The van der Waals surface area contributed by atoms with Crippen LogP contribution in [0.15, 0.2) is 0 Å². The van der Waals surface area contributed by atoms with Crippen LogP contribution in [-0.2, 0) is 4.79 Å². The first-order valence-corrected chi connectivity index (χ1v) is 10.3. The van der Waals surface area contributed by atoms with Crippen LogP contribution in [0.25, 0.3) is 0 Å². The first-order valence-electron chi connectivity index (χ1n) is 8.01. The molecule has 1 amide bonds. The van der Waals surface area contributed by atoms with E-state index in [0.29, 0.717) is 23.9 Å². The Morgan fingerprint density at radius 2 is 1.85 bits per heavy atom. The molecule has 1 unspecified atom stereocenters. The van der Waals surface area contributed by atoms with Crippen molar-refractivity contribution in [2.75, 3.05) is 36.1 Å². The quantitative estimate of drug-likeness (QED) is 0.862. The highest BCUT2D eigenvalue weighted by Crippen LogP contribution is 2.29. The van der Waals surface area contributed by atoms with E-state index in [9.17, 15) is 4.79 Å². The van der Waals surface area contributed by atoms with Crippen molar-refractivity contribution >= 4 is 29.4 Å². The van der Waals surface area contributed by atoms with Crippen molar-refractivity contribution in [3.63, 3.8) is 0 Å². The predicted molar refractivity (Wildman–Crippen MR) is 88.5 cm³/mol. The molecule has 1 N–H and O–H groups in total. The number of nitrogens with one attached hydrogen (secondary N) is 1. The SMILES string of the molecule is O=C1CC(CNC2CSCCSC2)CN1C1CCCC1. The van der Waals surface area contributed by atoms with Crippen LogP contribution in [0.3, 0.4) is 0 Å². The zero-order valence-corrected chi connectivity index (χ0v) is 13.8. The van der Waals surface area contributed by atoms with E-state index in [1.807, 2.05) is 0 Å². The fraction of sp³-hybridized carbons (Fsp3) is 0.933. The molecule has 0 spiro atoms. The van der Waals surface area contributed by atoms with Crippen molar-refractivity contribution in [1.82, 2.24) is 10.2 Å². The third-order valence-electron chi connectivity index (χ3n) is 4.71. The third-order valence-corrected chi connectivity index (χ3v) is 7.23. The second-order valence-electron chi connectivity index (χ2n) is 6.31. The van der Waals surface area contributed by atoms with E-state index >= 15 is 0 Å². The number of carbonyl (C=O) groups is 1. The largest absolute Gasteiger partial charge is 0.339 e. The smallest absolute Gasteiger partial charge is 0.223 e. The van der Waals surface area contributed by atoms with Crippen LogP contribution in [0.5, 0.6) is 0 Å². The Morgan fingerprint density at radius 3 is 2.55 bits per heavy atom. The average molecular weight is 315 g/mol. The predicted octanol–water partition coefficient (Wildman–Crippen LogP) is 2.22. The second-order valence-corrected chi connectivity index (χ2v) is 8.61. The number of nitrogens with zero attached hydrogens (tertiary/aromatic N) is 1. The molecule has 0 radical (unpaired) electrons. The summed E-state index contributed by atoms with van der Waals surface area (Å²) in [5.74, 6) is 6.01. The Bertz CT molecular complexity index is 326. The third kappa shape index (κ3) is 3.86. The number of rotatable bonds is 4. The molecule has 0 aromatic rings. The monoisotopic (exact) mass is 314 g/mol. The Morgan fingerprint density at radius 1 is 1.15 bits per heavy atom. The van der Waals surface area contributed by atoms with Gasteiger partial charge in [0.05, 0.1) is 0 Å². The van der Waals surface area contributed by atoms with Crippen LogP contribution in [0.2, 0.25) is 0 Å². The molecule has 3 nitrogen and oxygen atoms in total. The van der Waals surface area contributed by atoms with Gasteiger partial charge in [-0.25, -0.2) is 0 Å². The summed E-state index contributed by atoms with van der Waals surface area (Å²) in [6, 6.07) is 1.21. The maximum Gasteiger partial charge on any atom is 0.223 e. The Balaban J connectivity index is 1.43. The van der Waals surface area contributed by atoms with Gasteiger partial charge in [0.1, 0.15) is 0 Å². The molecule has 2 saturated heterocycles. The molecule has 3 aliphatic rings. The Hall–Kier alpha value is 0.130. The minimum Gasteiger partial charge on any atom is -0.339 e. The second kappa shape index (κ2) is 7.41. The van der Waals surface area contributed by atoms with E-state index in [1.165, 1.54) is 48.7 Å². The van der Waals surface area contributed by atoms with Gasteiger partial charge in [0.15, 0.2) is 0 Å². The molecule has 1 aliphatic carbocycles.